The Balaban J connectivity index is 1.48. The normalized spacial score (nSPS) is 14.2. The summed E-state index contributed by atoms with van der Waals surface area (Å²) in [5.74, 6) is 0.0630. The summed E-state index contributed by atoms with van der Waals surface area (Å²) < 4.78 is 5.16. The highest BCUT2D eigenvalue weighted by Gasteiger charge is 2.27. The molecule has 0 fully saturated rings. The molecule has 212 valence electrons. The van der Waals surface area contributed by atoms with Gasteiger partial charge in [-0.05, 0) is 86.2 Å². The molecule has 2 aromatic carbocycles. The molecule has 4 rings (SSSR count). The van der Waals surface area contributed by atoms with Crippen LogP contribution in [-0.4, -0.2) is 65.5 Å². The average molecular weight is 565 g/mol. The molecule has 0 saturated heterocycles. The summed E-state index contributed by atoms with van der Waals surface area (Å²) in [6.07, 6.45) is 3.11. The monoisotopic (exact) mass is 564 g/mol. The lowest BCUT2D eigenvalue weighted by Gasteiger charge is -2.25. The summed E-state index contributed by atoms with van der Waals surface area (Å²) in [7, 11) is 1.60. The first-order chi connectivity index (χ1) is 19.2. The molecule has 0 spiro atoms. The van der Waals surface area contributed by atoms with Crippen LogP contribution in [0.25, 0.3) is 0 Å². The van der Waals surface area contributed by atoms with Crippen molar-refractivity contribution in [3.05, 3.63) is 81.2 Å². The zero-order valence-corrected chi connectivity index (χ0v) is 23.8. The van der Waals surface area contributed by atoms with Crippen LogP contribution in [0.3, 0.4) is 0 Å². The fourth-order valence-electron chi connectivity index (χ4n) is 4.84. The SMILES string of the molecule is COc1ccc(C=NNC(=O)c2c(NC(=O)c3cccc(CN(CC(C)O)CC(C)O)c3)sc3c2CCC3)cc1. The number of hydrazone groups is 1. The molecule has 10 heteroatoms. The molecule has 2 unspecified atom stereocenters. The maximum atomic E-state index is 13.3. The van der Waals surface area contributed by atoms with Crippen molar-refractivity contribution in [1.29, 1.82) is 0 Å². The number of thiophene rings is 1. The second-order valence-electron chi connectivity index (χ2n) is 10.1. The van der Waals surface area contributed by atoms with Gasteiger partial charge >= 0.3 is 0 Å². The van der Waals surface area contributed by atoms with Crippen molar-refractivity contribution < 1.29 is 24.5 Å². The minimum absolute atomic E-state index is 0.310. The van der Waals surface area contributed by atoms with Gasteiger partial charge in [0.25, 0.3) is 11.8 Å². The number of anilines is 1. The summed E-state index contributed by atoms with van der Waals surface area (Å²) >= 11 is 1.44. The molecular formula is C30H36N4O5S. The van der Waals surface area contributed by atoms with Crippen molar-refractivity contribution in [3.63, 3.8) is 0 Å². The number of carbonyl (C=O) groups is 2. The van der Waals surface area contributed by atoms with Crippen molar-refractivity contribution in [3.8, 4) is 5.75 Å². The lowest BCUT2D eigenvalue weighted by molar-refractivity contribution is 0.0793. The Morgan fingerprint density at radius 1 is 1.07 bits per heavy atom. The minimum Gasteiger partial charge on any atom is -0.497 e. The molecule has 1 aliphatic rings. The molecule has 9 nitrogen and oxygen atoms in total. The zero-order valence-electron chi connectivity index (χ0n) is 23.0. The predicted octanol–water partition coefficient (Wildman–Crippen LogP) is 3.83. The summed E-state index contributed by atoms with van der Waals surface area (Å²) in [4.78, 5) is 29.6. The van der Waals surface area contributed by atoms with Crippen molar-refractivity contribution in [2.24, 2.45) is 5.10 Å². The number of carbonyl (C=O) groups excluding carboxylic acids is 2. The second-order valence-corrected chi connectivity index (χ2v) is 11.2. The highest BCUT2D eigenvalue weighted by atomic mass is 32.1. The summed E-state index contributed by atoms with van der Waals surface area (Å²) in [6.45, 7) is 4.69. The smallest absolute Gasteiger partial charge is 0.274 e. The number of hydrogen-bond acceptors (Lipinski definition) is 8. The van der Waals surface area contributed by atoms with Crippen molar-refractivity contribution >= 4 is 34.4 Å². The third kappa shape index (κ3) is 7.76. The maximum absolute atomic E-state index is 13.3. The Morgan fingerprint density at radius 3 is 2.48 bits per heavy atom. The van der Waals surface area contributed by atoms with Gasteiger partial charge in [0.1, 0.15) is 10.8 Å². The number of aliphatic hydroxyl groups excluding tert-OH is 2. The van der Waals surface area contributed by atoms with Gasteiger partial charge in [-0.15, -0.1) is 11.3 Å². The Morgan fingerprint density at radius 2 is 1.80 bits per heavy atom. The summed E-state index contributed by atoms with van der Waals surface area (Å²) in [6, 6.07) is 14.6. The van der Waals surface area contributed by atoms with Crippen LogP contribution in [0.5, 0.6) is 5.75 Å². The van der Waals surface area contributed by atoms with Crippen molar-refractivity contribution in [1.82, 2.24) is 10.3 Å². The van der Waals surface area contributed by atoms with E-state index in [1.165, 1.54) is 11.3 Å². The van der Waals surface area contributed by atoms with E-state index in [0.29, 0.717) is 35.8 Å². The lowest BCUT2D eigenvalue weighted by atomic mass is 10.1. The van der Waals surface area contributed by atoms with E-state index in [9.17, 15) is 19.8 Å². The maximum Gasteiger partial charge on any atom is 0.274 e. The van der Waals surface area contributed by atoms with Gasteiger partial charge in [-0.2, -0.15) is 5.10 Å². The van der Waals surface area contributed by atoms with Gasteiger partial charge in [0.15, 0.2) is 0 Å². The molecule has 0 bridgehead atoms. The Hall–Kier alpha value is -3.57. The van der Waals surface area contributed by atoms with E-state index >= 15 is 0 Å². The standard InChI is InChI=1S/C30H36N4O5S/c1-19(35)16-34(17-20(2)36)18-22-6-4-7-23(14-22)28(37)32-30-27(25-8-5-9-26(25)40-30)29(38)33-31-15-21-10-12-24(39-3)13-11-21/h4,6-7,10-15,19-20,35-36H,5,8-9,16-18H2,1-3H3,(H,32,37)(H,33,38). The third-order valence-corrected chi connectivity index (χ3v) is 7.72. The Labute approximate surface area is 238 Å². The second kappa shape index (κ2) is 13.7. The van der Waals surface area contributed by atoms with Crippen LogP contribution >= 0.6 is 11.3 Å². The van der Waals surface area contributed by atoms with E-state index in [0.717, 1.165) is 46.6 Å². The predicted molar refractivity (Wildman–Crippen MR) is 157 cm³/mol. The number of ether oxygens (including phenoxy) is 1. The lowest BCUT2D eigenvalue weighted by Crippen LogP contribution is -2.35. The van der Waals surface area contributed by atoms with Gasteiger partial charge in [0, 0.05) is 30.1 Å². The van der Waals surface area contributed by atoms with E-state index in [4.69, 9.17) is 4.74 Å². The number of hydrogen-bond donors (Lipinski definition) is 4. The highest BCUT2D eigenvalue weighted by Crippen LogP contribution is 2.39. The van der Waals surface area contributed by atoms with E-state index in [2.05, 4.69) is 15.8 Å². The number of benzene rings is 2. The van der Waals surface area contributed by atoms with E-state index in [-0.39, 0.29) is 11.8 Å². The van der Waals surface area contributed by atoms with Crippen LogP contribution in [-0.2, 0) is 19.4 Å². The molecule has 0 radical (unpaired) electrons. The van der Waals surface area contributed by atoms with Gasteiger partial charge in [-0.3, -0.25) is 14.5 Å². The van der Waals surface area contributed by atoms with Crippen LogP contribution in [0.4, 0.5) is 5.00 Å². The largest absolute Gasteiger partial charge is 0.497 e. The van der Waals surface area contributed by atoms with Gasteiger partial charge in [0.05, 0.1) is 31.1 Å². The molecule has 2 amide bonds. The zero-order chi connectivity index (χ0) is 28.6. The van der Waals surface area contributed by atoms with E-state index in [1.807, 2.05) is 41.3 Å². The van der Waals surface area contributed by atoms with Crippen molar-refractivity contribution in [2.75, 3.05) is 25.5 Å². The number of rotatable bonds is 12. The average Bonchev–Trinajstić information content (AvgIpc) is 3.49. The van der Waals surface area contributed by atoms with E-state index < -0.39 is 12.2 Å². The fourth-order valence-corrected chi connectivity index (χ4v) is 6.12. The van der Waals surface area contributed by atoms with Gasteiger partial charge in [-0.1, -0.05) is 12.1 Å². The molecule has 1 aliphatic carbocycles. The molecule has 2 atom stereocenters. The van der Waals surface area contributed by atoms with Crippen LogP contribution in [0.1, 0.15) is 62.6 Å². The number of methoxy groups -OCH3 is 1. The molecule has 40 heavy (non-hydrogen) atoms. The molecule has 4 N–H and O–H groups in total. The molecule has 1 heterocycles. The van der Waals surface area contributed by atoms with Gasteiger partial charge in [-0.25, -0.2) is 5.43 Å². The Bertz CT molecular complexity index is 1340. The number of aryl methyl sites for hydroxylation is 1. The molecule has 0 saturated carbocycles. The number of aliphatic hydroxyl groups is 2. The van der Waals surface area contributed by atoms with Gasteiger partial charge < -0.3 is 20.3 Å². The third-order valence-electron chi connectivity index (χ3n) is 6.51. The quantitative estimate of drug-likeness (QED) is 0.196. The molecule has 1 aromatic heterocycles. The molecular weight excluding hydrogens is 528 g/mol. The topological polar surface area (TPSA) is 123 Å². The summed E-state index contributed by atoms with van der Waals surface area (Å²) in [5, 5.41) is 27.3. The molecule has 3 aromatic rings. The van der Waals surface area contributed by atoms with Crippen LogP contribution < -0.4 is 15.5 Å². The molecule has 0 aliphatic heterocycles. The van der Waals surface area contributed by atoms with E-state index in [1.54, 1.807) is 39.3 Å². The number of amides is 2. The Kier molecular flexibility index (Phi) is 10.1. The number of fused-ring (bicyclic) bond motifs is 1. The van der Waals surface area contributed by atoms with Crippen LogP contribution in [0.15, 0.2) is 53.6 Å². The van der Waals surface area contributed by atoms with Gasteiger partial charge in [0.2, 0.25) is 0 Å². The van der Waals surface area contributed by atoms with Crippen LogP contribution in [0.2, 0.25) is 0 Å². The van der Waals surface area contributed by atoms with Crippen LogP contribution in [0, 0.1) is 0 Å². The highest BCUT2D eigenvalue weighted by molar-refractivity contribution is 7.17. The minimum atomic E-state index is -0.545. The van der Waals surface area contributed by atoms with Crippen molar-refractivity contribution in [2.45, 2.75) is 51.9 Å². The number of nitrogens with one attached hydrogen (secondary N) is 2. The first-order valence-corrected chi connectivity index (χ1v) is 14.2. The summed E-state index contributed by atoms with van der Waals surface area (Å²) in [5.41, 5.74) is 6.21. The number of nitrogens with zero attached hydrogens (tertiary/aromatic N) is 2. The fraction of sp³-hybridized carbons (Fsp3) is 0.367. The first-order valence-electron chi connectivity index (χ1n) is 13.3. The first kappa shape index (κ1) is 29.4.